The number of carbonyl (C=O) groups is 2. The first kappa shape index (κ1) is 18.1. The monoisotopic (exact) mass is 344 g/mol. The van der Waals surface area contributed by atoms with Gasteiger partial charge in [-0.25, -0.2) is 0 Å². The summed E-state index contributed by atoms with van der Waals surface area (Å²) in [5, 5.41) is 0. The zero-order valence-electron chi connectivity index (χ0n) is 13.3. The number of piperazine rings is 1. The first-order valence-corrected chi connectivity index (χ1v) is 7.67. The first-order chi connectivity index (χ1) is 11.3. The minimum absolute atomic E-state index is 0.0689. The number of benzene rings is 1. The molecule has 1 aliphatic rings. The van der Waals surface area contributed by atoms with Crippen LogP contribution in [0.3, 0.4) is 0 Å². The van der Waals surface area contributed by atoms with Crippen molar-refractivity contribution < 1.29 is 27.5 Å². The van der Waals surface area contributed by atoms with Gasteiger partial charge in [0.25, 0.3) is 5.91 Å². The van der Waals surface area contributed by atoms with Gasteiger partial charge in [0.15, 0.2) is 6.61 Å². The molecule has 0 aliphatic carbocycles. The van der Waals surface area contributed by atoms with Gasteiger partial charge in [0, 0.05) is 26.2 Å². The van der Waals surface area contributed by atoms with Crippen LogP contribution < -0.4 is 4.74 Å². The van der Waals surface area contributed by atoms with Crippen molar-refractivity contribution in [2.24, 2.45) is 0 Å². The van der Waals surface area contributed by atoms with E-state index >= 15 is 0 Å². The van der Waals surface area contributed by atoms with Crippen LogP contribution in [0.2, 0.25) is 0 Å². The lowest BCUT2D eigenvalue weighted by Gasteiger charge is -2.34. The molecule has 1 aromatic carbocycles. The van der Waals surface area contributed by atoms with Gasteiger partial charge in [-0.3, -0.25) is 9.59 Å². The molecular weight excluding hydrogens is 325 g/mol. The van der Waals surface area contributed by atoms with Gasteiger partial charge in [0.05, 0.1) is 0 Å². The minimum Gasteiger partial charge on any atom is -0.483 e. The predicted molar refractivity (Wildman–Crippen MR) is 80.5 cm³/mol. The van der Waals surface area contributed by atoms with Crippen molar-refractivity contribution >= 4 is 11.8 Å². The molecule has 1 aromatic rings. The zero-order valence-corrected chi connectivity index (χ0v) is 13.3. The summed E-state index contributed by atoms with van der Waals surface area (Å²) in [5.41, 5.74) is 0.978. The lowest BCUT2D eigenvalue weighted by molar-refractivity contribution is -0.187. The number of halogens is 3. The van der Waals surface area contributed by atoms with E-state index in [2.05, 4.69) is 0 Å². The van der Waals surface area contributed by atoms with Gasteiger partial charge in [-0.1, -0.05) is 25.1 Å². The SMILES string of the molecule is CCc1ccccc1OCC(=O)N1CCN(C(=O)C(F)(F)F)CC1. The molecule has 1 saturated heterocycles. The van der Waals surface area contributed by atoms with Crippen LogP contribution in [-0.4, -0.2) is 60.6 Å². The van der Waals surface area contributed by atoms with Crippen LogP contribution in [0, 0.1) is 0 Å². The van der Waals surface area contributed by atoms with E-state index in [1.165, 1.54) is 4.90 Å². The number of amides is 2. The van der Waals surface area contributed by atoms with Crippen molar-refractivity contribution in [2.75, 3.05) is 32.8 Å². The second-order valence-electron chi connectivity index (χ2n) is 5.42. The molecule has 0 saturated carbocycles. The molecule has 132 valence electrons. The summed E-state index contributed by atoms with van der Waals surface area (Å²) in [6, 6.07) is 7.36. The zero-order chi connectivity index (χ0) is 17.7. The molecule has 0 unspecified atom stereocenters. The van der Waals surface area contributed by atoms with Crippen molar-refractivity contribution in [3.05, 3.63) is 29.8 Å². The molecule has 5 nitrogen and oxygen atoms in total. The first-order valence-electron chi connectivity index (χ1n) is 7.67. The molecule has 0 N–H and O–H groups in total. The van der Waals surface area contributed by atoms with E-state index in [0.717, 1.165) is 16.9 Å². The molecule has 1 aliphatic heterocycles. The van der Waals surface area contributed by atoms with Crippen molar-refractivity contribution in [2.45, 2.75) is 19.5 Å². The Labute approximate surface area is 138 Å². The summed E-state index contributed by atoms with van der Waals surface area (Å²) < 4.78 is 42.7. The maximum absolute atomic E-state index is 12.4. The van der Waals surface area contributed by atoms with Gasteiger partial charge in [-0.2, -0.15) is 13.2 Å². The van der Waals surface area contributed by atoms with Crippen LogP contribution in [0.1, 0.15) is 12.5 Å². The molecule has 2 amide bonds. The summed E-state index contributed by atoms with van der Waals surface area (Å²) in [6.45, 7) is 1.68. The van der Waals surface area contributed by atoms with Gasteiger partial charge in [0.2, 0.25) is 0 Å². The Kier molecular flexibility index (Phi) is 5.69. The highest BCUT2D eigenvalue weighted by atomic mass is 19.4. The third kappa shape index (κ3) is 4.39. The molecule has 1 fully saturated rings. The van der Waals surface area contributed by atoms with Gasteiger partial charge in [-0.05, 0) is 18.1 Å². The van der Waals surface area contributed by atoms with Crippen LogP contribution in [0.5, 0.6) is 5.75 Å². The highest BCUT2D eigenvalue weighted by Crippen LogP contribution is 2.20. The number of para-hydroxylation sites is 1. The predicted octanol–water partition coefficient (Wildman–Crippen LogP) is 1.86. The summed E-state index contributed by atoms with van der Waals surface area (Å²) in [6.07, 6.45) is -4.11. The number of carbonyl (C=O) groups excluding carboxylic acids is 2. The van der Waals surface area contributed by atoms with Crippen LogP contribution in [0.15, 0.2) is 24.3 Å². The van der Waals surface area contributed by atoms with Gasteiger partial charge in [0.1, 0.15) is 5.75 Å². The second kappa shape index (κ2) is 7.55. The van der Waals surface area contributed by atoms with Crippen LogP contribution in [0.25, 0.3) is 0 Å². The molecule has 2 rings (SSSR count). The maximum Gasteiger partial charge on any atom is 0.471 e. The molecule has 0 radical (unpaired) electrons. The van der Waals surface area contributed by atoms with E-state index < -0.39 is 12.1 Å². The molecule has 0 bridgehead atoms. The summed E-state index contributed by atoms with van der Waals surface area (Å²) in [5.74, 6) is -1.54. The second-order valence-corrected chi connectivity index (χ2v) is 5.42. The Bertz CT molecular complexity index is 596. The lowest BCUT2D eigenvalue weighted by Crippen LogP contribution is -2.54. The van der Waals surface area contributed by atoms with E-state index in [1.54, 1.807) is 12.1 Å². The quantitative estimate of drug-likeness (QED) is 0.838. The number of hydrogen-bond donors (Lipinski definition) is 0. The van der Waals surface area contributed by atoms with E-state index in [1.807, 2.05) is 19.1 Å². The van der Waals surface area contributed by atoms with E-state index in [0.29, 0.717) is 5.75 Å². The third-order valence-electron chi connectivity index (χ3n) is 3.87. The molecule has 8 heteroatoms. The topological polar surface area (TPSA) is 49.9 Å². The normalized spacial score (nSPS) is 15.3. The molecular formula is C16H19F3N2O3. The van der Waals surface area contributed by atoms with Crippen molar-refractivity contribution in [1.82, 2.24) is 9.80 Å². The Morgan fingerprint density at radius 1 is 1.08 bits per heavy atom. The van der Waals surface area contributed by atoms with E-state index in [9.17, 15) is 22.8 Å². The van der Waals surface area contributed by atoms with Crippen LogP contribution >= 0.6 is 0 Å². The number of ether oxygens (including phenoxy) is 1. The minimum atomic E-state index is -4.88. The van der Waals surface area contributed by atoms with Crippen LogP contribution in [-0.2, 0) is 16.0 Å². The fourth-order valence-electron chi connectivity index (χ4n) is 2.51. The highest BCUT2D eigenvalue weighted by molar-refractivity contribution is 5.82. The number of rotatable bonds is 4. The fourth-order valence-corrected chi connectivity index (χ4v) is 2.51. The Hall–Kier alpha value is -2.25. The maximum atomic E-state index is 12.4. The molecule has 0 spiro atoms. The highest BCUT2D eigenvalue weighted by Gasteiger charge is 2.43. The summed E-state index contributed by atoms with van der Waals surface area (Å²) >= 11 is 0. The standard InChI is InChI=1S/C16H19F3N2O3/c1-2-12-5-3-4-6-13(12)24-11-14(22)20-7-9-21(10-8-20)15(23)16(17,18)19/h3-6H,2,7-11H2,1H3. The van der Waals surface area contributed by atoms with Crippen LogP contribution in [0.4, 0.5) is 13.2 Å². The number of nitrogens with zero attached hydrogens (tertiary/aromatic N) is 2. The number of alkyl halides is 3. The van der Waals surface area contributed by atoms with E-state index in [4.69, 9.17) is 4.74 Å². The molecule has 24 heavy (non-hydrogen) atoms. The lowest BCUT2D eigenvalue weighted by atomic mass is 10.1. The van der Waals surface area contributed by atoms with Crippen molar-refractivity contribution in [3.8, 4) is 5.75 Å². The van der Waals surface area contributed by atoms with E-state index in [-0.39, 0.29) is 38.7 Å². The molecule has 0 atom stereocenters. The number of hydrogen-bond acceptors (Lipinski definition) is 3. The third-order valence-corrected chi connectivity index (χ3v) is 3.87. The Morgan fingerprint density at radius 3 is 2.25 bits per heavy atom. The van der Waals surface area contributed by atoms with Gasteiger partial charge < -0.3 is 14.5 Å². The molecule has 0 aromatic heterocycles. The fraction of sp³-hybridized carbons (Fsp3) is 0.500. The Balaban J connectivity index is 1.84. The van der Waals surface area contributed by atoms with Gasteiger partial charge in [-0.15, -0.1) is 0 Å². The van der Waals surface area contributed by atoms with Crippen molar-refractivity contribution in [3.63, 3.8) is 0 Å². The average molecular weight is 344 g/mol. The Morgan fingerprint density at radius 2 is 1.67 bits per heavy atom. The summed E-state index contributed by atoms with van der Waals surface area (Å²) in [7, 11) is 0. The average Bonchev–Trinajstić information content (AvgIpc) is 2.58. The largest absolute Gasteiger partial charge is 0.483 e. The molecule has 1 heterocycles. The smallest absolute Gasteiger partial charge is 0.471 e. The number of aryl methyl sites for hydroxylation is 1. The van der Waals surface area contributed by atoms with Crippen molar-refractivity contribution in [1.29, 1.82) is 0 Å². The van der Waals surface area contributed by atoms with Gasteiger partial charge >= 0.3 is 12.1 Å². The summed E-state index contributed by atoms with van der Waals surface area (Å²) in [4.78, 5) is 25.4.